The normalized spacial score (nSPS) is 13.0. The van der Waals surface area contributed by atoms with Gasteiger partial charge in [0.15, 0.2) is 11.7 Å². The van der Waals surface area contributed by atoms with E-state index in [1.165, 1.54) is 5.56 Å². The Balaban J connectivity index is 1.91. The number of rotatable bonds is 5. The molecule has 0 radical (unpaired) electrons. The maximum Gasteiger partial charge on any atom is 0.212 e. The van der Waals surface area contributed by atoms with Crippen LogP contribution < -0.4 is 4.98 Å². The number of likely N-dealkylation sites (N-methyl/N-ethyl adjacent to an activating group) is 1. The summed E-state index contributed by atoms with van der Waals surface area (Å²) in [5, 5.41) is 0. The second-order valence-corrected chi connectivity index (χ2v) is 4.82. The smallest absolute Gasteiger partial charge is 0.212 e. The summed E-state index contributed by atoms with van der Waals surface area (Å²) in [4.78, 5) is 5.24. The van der Waals surface area contributed by atoms with Crippen molar-refractivity contribution in [2.45, 2.75) is 5.50 Å². The minimum absolute atomic E-state index is 0.151. The van der Waals surface area contributed by atoms with Crippen molar-refractivity contribution in [3.63, 3.8) is 0 Å². The molecule has 3 heteroatoms. The number of aromatic amines is 1. The van der Waals surface area contributed by atoms with Gasteiger partial charge >= 0.3 is 0 Å². The van der Waals surface area contributed by atoms with Gasteiger partial charge in [-0.15, -0.1) is 0 Å². The third-order valence-electron chi connectivity index (χ3n) is 2.88. The Bertz CT molecular complexity index is 511. The molecule has 1 unspecified atom stereocenters. The van der Waals surface area contributed by atoms with Gasteiger partial charge in [-0.1, -0.05) is 60.2 Å². The van der Waals surface area contributed by atoms with Crippen molar-refractivity contribution in [1.29, 1.82) is 0 Å². The molecule has 0 spiro atoms. The minimum Gasteiger partial charge on any atom is -0.278 e. The molecular weight excluding hydrogens is 256 g/mol. The first kappa shape index (κ1) is 13.8. The molecule has 0 aliphatic heterocycles. The van der Waals surface area contributed by atoms with Gasteiger partial charge in [0, 0.05) is 18.7 Å². The zero-order valence-electron chi connectivity index (χ0n) is 11.0. The fourth-order valence-corrected chi connectivity index (χ4v) is 2.02. The third-order valence-corrected chi connectivity index (χ3v) is 3.45. The number of nitrogens with zero attached hydrogens (tertiary/aromatic N) is 1. The molecule has 1 heterocycles. The fraction of sp³-hybridized carbons (Fsp3) is 0.188. The largest absolute Gasteiger partial charge is 0.278 e. The molecule has 19 heavy (non-hydrogen) atoms. The molecule has 0 aliphatic rings. The average molecular weight is 274 g/mol. The molecule has 0 saturated heterocycles. The molecular formula is C16H18ClN2+. The van der Waals surface area contributed by atoms with Crippen molar-refractivity contribution in [3.8, 4) is 0 Å². The predicted octanol–water partition coefficient (Wildman–Crippen LogP) is 3.38. The topological polar surface area (TPSA) is 17.4 Å². The van der Waals surface area contributed by atoms with Crippen LogP contribution in [0.2, 0.25) is 0 Å². The number of hydrogen-bond acceptors (Lipinski definition) is 1. The fourth-order valence-electron chi connectivity index (χ4n) is 1.80. The van der Waals surface area contributed by atoms with E-state index in [1.54, 1.807) is 0 Å². The van der Waals surface area contributed by atoms with E-state index in [-0.39, 0.29) is 5.50 Å². The zero-order chi connectivity index (χ0) is 13.5. The van der Waals surface area contributed by atoms with Gasteiger partial charge in [0.1, 0.15) is 0 Å². The molecule has 98 valence electrons. The lowest BCUT2D eigenvalue weighted by atomic mass is 10.2. The number of pyridine rings is 1. The Morgan fingerprint density at radius 2 is 1.89 bits per heavy atom. The molecule has 1 aromatic heterocycles. The van der Waals surface area contributed by atoms with Crippen molar-refractivity contribution in [2.75, 3.05) is 13.6 Å². The van der Waals surface area contributed by atoms with Crippen molar-refractivity contribution in [2.24, 2.45) is 0 Å². The first-order valence-corrected chi connectivity index (χ1v) is 6.73. The molecule has 1 N–H and O–H groups in total. The average Bonchev–Trinajstić information content (AvgIpc) is 2.48. The Kier molecular flexibility index (Phi) is 5.13. The van der Waals surface area contributed by atoms with E-state index in [9.17, 15) is 0 Å². The van der Waals surface area contributed by atoms with E-state index in [0.29, 0.717) is 0 Å². The van der Waals surface area contributed by atoms with Crippen LogP contribution in [0.25, 0.3) is 6.08 Å². The highest BCUT2D eigenvalue weighted by atomic mass is 35.5. The van der Waals surface area contributed by atoms with Crippen LogP contribution in [0.4, 0.5) is 0 Å². The number of halogens is 1. The van der Waals surface area contributed by atoms with Crippen molar-refractivity contribution < 1.29 is 4.98 Å². The minimum atomic E-state index is -0.151. The Morgan fingerprint density at radius 3 is 2.58 bits per heavy atom. The maximum atomic E-state index is 6.40. The van der Waals surface area contributed by atoms with E-state index < -0.39 is 0 Å². The molecule has 0 aliphatic carbocycles. The summed E-state index contributed by atoms with van der Waals surface area (Å²) < 4.78 is 0. The number of benzene rings is 1. The van der Waals surface area contributed by atoms with Crippen LogP contribution in [0.15, 0.2) is 60.8 Å². The van der Waals surface area contributed by atoms with Crippen LogP contribution in [0, 0.1) is 0 Å². The highest BCUT2D eigenvalue weighted by molar-refractivity contribution is 6.20. The lowest BCUT2D eigenvalue weighted by molar-refractivity contribution is -0.393. The van der Waals surface area contributed by atoms with Gasteiger partial charge in [0.2, 0.25) is 5.69 Å². The number of aromatic nitrogens is 1. The van der Waals surface area contributed by atoms with E-state index >= 15 is 0 Å². The summed E-state index contributed by atoms with van der Waals surface area (Å²) in [5.41, 5.74) is 2.05. The number of hydrogen-bond donors (Lipinski definition) is 0. The number of nitrogens with one attached hydrogen (secondary N) is 1. The zero-order valence-corrected chi connectivity index (χ0v) is 11.7. The van der Waals surface area contributed by atoms with E-state index in [4.69, 9.17) is 11.6 Å². The summed E-state index contributed by atoms with van der Waals surface area (Å²) in [6.07, 6.45) is 6.11. The lowest BCUT2D eigenvalue weighted by Crippen LogP contribution is -2.25. The predicted molar refractivity (Wildman–Crippen MR) is 79.7 cm³/mol. The highest BCUT2D eigenvalue weighted by Gasteiger charge is 2.17. The van der Waals surface area contributed by atoms with Crippen molar-refractivity contribution in [3.05, 3.63) is 72.1 Å². The molecule has 0 saturated carbocycles. The van der Waals surface area contributed by atoms with E-state index in [1.807, 2.05) is 49.6 Å². The van der Waals surface area contributed by atoms with Gasteiger partial charge < -0.3 is 0 Å². The second kappa shape index (κ2) is 7.07. The molecule has 0 fully saturated rings. The quantitative estimate of drug-likeness (QED) is 0.603. The van der Waals surface area contributed by atoms with Crippen LogP contribution in [0.1, 0.15) is 16.8 Å². The van der Waals surface area contributed by atoms with Crippen LogP contribution in [0.3, 0.4) is 0 Å². The summed E-state index contributed by atoms with van der Waals surface area (Å²) in [7, 11) is 2.01. The Labute approximate surface area is 119 Å². The SMILES string of the molecule is CN(C/C=C/c1ccccc1)C(Cl)c1cccc[nH+]1. The summed E-state index contributed by atoms with van der Waals surface area (Å²) >= 11 is 6.40. The van der Waals surface area contributed by atoms with Gasteiger partial charge in [-0.2, -0.15) is 0 Å². The molecule has 0 amide bonds. The monoisotopic (exact) mass is 273 g/mol. The van der Waals surface area contributed by atoms with Crippen LogP contribution in [-0.2, 0) is 0 Å². The van der Waals surface area contributed by atoms with Gasteiger partial charge in [-0.3, -0.25) is 4.90 Å². The van der Waals surface area contributed by atoms with E-state index in [0.717, 1.165) is 12.2 Å². The Morgan fingerprint density at radius 1 is 1.16 bits per heavy atom. The number of alkyl halides is 1. The van der Waals surface area contributed by atoms with Crippen LogP contribution in [-0.4, -0.2) is 18.5 Å². The van der Waals surface area contributed by atoms with E-state index in [2.05, 4.69) is 34.2 Å². The molecule has 2 nitrogen and oxygen atoms in total. The van der Waals surface area contributed by atoms with Gasteiger partial charge in [-0.05, 0) is 12.6 Å². The third kappa shape index (κ3) is 4.19. The second-order valence-electron chi connectivity index (χ2n) is 4.41. The summed E-state index contributed by atoms with van der Waals surface area (Å²) in [6.45, 7) is 0.797. The Hall–Kier alpha value is -1.64. The highest BCUT2D eigenvalue weighted by Crippen LogP contribution is 2.19. The first-order chi connectivity index (χ1) is 9.27. The molecule has 2 rings (SSSR count). The van der Waals surface area contributed by atoms with Gasteiger partial charge in [-0.25, -0.2) is 4.98 Å². The maximum absolute atomic E-state index is 6.40. The lowest BCUT2D eigenvalue weighted by Gasteiger charge is -2.17. The molecule has 0 bridgehead atoms. The molecule has 2 aromatic rings. The van der Waals surface area contributed by atoms with Crippen LogP contribution >= 0.6 is 11.6 Å². The molecule has 1 atom stereocenters. The van der Waals surface area contributed by atoms with Crippen LogP contribution in [0.5, 0.6) is 0 Å². The number of H-pyrrole nitrogens is 1. The molecule has 1 aromatic carbocycles. The van der Waals surface area contributed by atoms with Gasteiger partial charge in [0.25, 0.3) is 0 Å². The first-order valence-electron chi connectivity index (χ1n) is 6.30. The summed E-state index contributed by atoms with van der Waals surface area (Å²) in [5.74, 6) is 0. The standard InChI is InChI=1S/C16H17ClN2/c1-19(16(17)15-11-5-6-12-18-15)13-7-10-14-8-3-2-4-9-14/h2-12,16H,13H2,1H3/p+1/b10-7+. The summed E-state index contributed by atoms with van der Waals surface area (Å²) in [6, 6.07) is 16.2. The van der Waals surface area contributed by atoms with Crippen molar-refractivity contribution in [1.82, 2.24) is 4.90 Å². The van der Waals surface area contributed by atoms with Gasteiger partial charge in [0.05, 0.1) is 0 Å². The van der Waals surface area contributed by atoms with Crippen molar-refractivity contribution >= 4 is 17.7 Å².